The zero-order valence-corrected chi connectivity index (χ0v) is 15.1. The molecule has 0 saturated carbocycles. The molecule has 0 saturated heterocycles. The molecule has 128 valence electrons. The average molecular weight is 352 g/mol. The van der Waals surface area contributed by atoms with E-state index in [1.807, 2.05) is 61.7 Å². The van der Waals surface area contributed by atoms with Crippen LogP contribution in [-0.2, 0) is 17.8 Å². The number of benzene rings is 1. The van der Waals surface area contributed by atoms with Gasteiger partial charge in [-0.25, -0.2) is 9.97 Å². The van der Waals surface area contributed by atoms with Crippen LogP contribution in [0.2, 0.25) is 0 Å². The molecule has 5 nitrogen and oxygen atoms in total. The van der Waals surface area contributed by atoms with Crippen LogP contribution in [0.25, 0.3) is 0 Å². The largest absolute Gasteiger partial charge is 0.352 e. The summed E-state index contributed by atoms with van der Waals surface area (Å²) in [5.41, 5.74) is 3.99. The molecule has 0 aliphatic carbocycles. The van der Waals surface area contributed by atoms with Gasteiger partial charge in [0, 0.05) is 17.6 Å². The van der Waals surface area contributed by atoms with Gasteiger partial charge < -0.3 is 10.6 Å². The second-order valence-corrected chi connectivity index (χ2v) is 6.73. The van der Waals surface area contributed by atoms with Crippen LogP contribution in [0.5, 0.6) is 0 Å². The minimum atomic E-state index is -0.0360. The number of aromatic nitrogens is 2. The monoisotopic (exact) mass is 352 g/mol. The predicted molar refractivity (Wildman–Crippen MR) is 101 cm³/mol. The Hall–Kier alpha value is -2.73. The summed E-state index contributed by atoms with van der Waals surface area (Å²) in [5.74, 6) is 0.718. The van der Waals surface area contributed by atoms with Crippen molar-refractivity contribution in [3.8, 4) is 0 Å². The minimum Gasteiger partial charge on any atom is -0.352 e. The number of thiazole rings is 1. The third-order valence-corrected chi connectivity index (χ3v) is 4.43. The Labute approximate surface area is 151 Å². The van der Waals surface area contributed by atoms with Gasteiger partial charge in [-0.3, -0.25) is 4.79 Å². The first-order valence-corrected chi connectivity index (χ1v) is 8.94. The summed E-state index contributed by atoms with van der Waals surface area (Å²) in [5, 5.41) is 8.72. The molecule has 0 unspecified atom stereocenters. The molecule has 2 aromatic heterocycles. The van der Waals surface area contributed by atoms with Gasteiger partial charge in [0.2, 0.25) is 5.91 Å². The lowest BCUT2D eigenvalue weighted by Gasteiger charge is -2.05. The summed E-state index contributed by atoms with van der Waals surface area (Å²) in [4.78, 5) is 20.9. The van der Waals surface area contributed by atoms with Gasteiger partial charge in [-0.2, -0.15) is 0 Å². The van der Waals surface area contributed by atoms with Gasteiger partial charge in [0.05, 0.1) is 12.1 Å². The summed E-state index contributed by atoms with van der Waals surface area (Å²) in [7, 11) is 0. The van der Waals surface area contributed by atoms with Crippen molar-refractivity contribution in [2.45, 2.75) is 26.8 Å². The van der Waals surface area contributed by atoms with Crippen molar-refractivity contribution in [1.82, 2.24) is 15.3 Å². The van der Waals surface area contributed by atoms with E-state index in [1.165, 1.54) is 16.9 Å². The second kappa shape index (κ2) is 7.90. The molecule has 2 heterocycles. The van der Waals surface area contributed by atoms with E-state index in [0.29, 0.717) is 6.54 Å². The summed E-state index contributed by atoms with van der Waals surface area (Å²) >= 11 is 1.47. The Morgan fingerprint density at radius 2 is 1.88 bits per heavy atom. The van der Waals surface area contributed by atoms with Crippen molar-refractivity contribution in [3.63, 3.8) is 0 Å². The number of aryl methyl sites for hydroxylation is 2. The van der Waals surface area contributed by atoms with Gasteiger partial charge in [0.15, 0.2) is 5.13 Å². The molecule has 3 rings (SSSR count). The third-order valence-electron chi connectivity index (χ3n) is 3.63. The Bertz CT molecular complexity index is 858. The van der Waals surface area contributed by atoms with E-state index in [1.54, 1.807) is 0 Å². The predicted octanol–water partition coefficient (Wildman–Crippen LogP) is 3.76. The fourth-order valence-corrected chi connectivity index (χ4v) is 3.02. The quantitative estimate of drug-likeness (QED) is 0.709. The summed E-state index contributed by atoms with van der Waals surface area (Å²) in [6.07, 6.45) is 0.269. The van der Waals surface area contributed by atoms with Crippen LogP contribution >= 0.6 is 11.3 Å². The molecule has 6 heteroatoms. The lowest BCUT2D eigenvalue weighted by Crippen LogP contribution is -2.24. The molecular weight excluding hydrogens is 332 g/mol. The summed E-state index contributed by atoms with van der Waals surface area (Å²) in [6.45, 7) is 4.51. The van der Waals surface area contributed by atoms with Crippen LogP contribution in [0.1, 0.15) is 22.5 Å². The Kier molecular flexibility index (Phi) is 5.40. The molecule has 0 aliphatic heterocycles. The van der Waals surface area contributed by atoms with Crippen LogP contribution in [0.15, 0.2) is 47.8 Å². The van der Waals surface area contributed by atoms with E-state index in [-0.39, 0.29) is 12.3 Å². The molecule has 0 bridgehead atoms. The number of pyridine rings is 1. The zero-order valence-electron chi connectivity index (χ0n) is 14.2. The van der Waals surface area contributed by atoms with Crippen LogP contribution < -0.4 is 10.6 Å². The minimum absolute atomic E-state index is 0.0360. The van der Waals surface area contributed by atoms with Crippen LogP contribution in [0.4, 0.5) is 10.9 Å². The molecular formula is C19H20N4OS. The third kappa shape index (κ3) is 5.12. The smallest absolute Gasteiger partial charge is 0.226 e. The van der Waals surface area contributed by atoms with E-state index in [4.69, 9.17) is 0 Å². The summed E-state index contributed by atoms with van der Waals surface area (Å²) in [6, 6.07) is 13.9. The van der Waals surface area contributed by atoms with Crippen LogP contribution in [0.3, 0.4) is 0 Å². The molecule has 1 aromatic carbocycles. The van der Waals surface area contributed by atoms with Gasteiger partial charge in [0.25, 0.3) is 0 Å². The van der Waals surface area contributed by atoms with Crippen LogP contribution in [0, 0.1) is 13.8 Å². The highest BCUT2D eigenvalue weighted by Crippen LogP contribution is 2.20. The maximum Gasteiger partial charge on any atom is 0.226 e. The van der Waals surface area contributed by atoms with Crippen molar-refractivity contribution < 1.29 is 4.79 Å². The topological polar surface area (TPSA) is 66.9 Å². The number of hydrogen-bond acceptors (Lipinski definition) is 5. The fourth-order valence-electron chi connectivity index (χ4n) is 2.30. The maximum atomic E-state index is 12.1. The number of hydrogen-bond donors (Lipinski definition) is 2. The van der Waals surface area contributed by atoms with Crippen molar-refractivity contribution in [1.29, 1.82) is 0 Å². The highest BCUT2D eigenvalue weighted by molar-refractivity contribution is 7.13. The van der Waals surface area contributed by atoms with E-state index in [0.717, 1.165) is 27.9 Å². The van der Waals surface area contributed by atoms with Gasteiger partial charge in [-0.05, 0) is 31.5 Å². The number of carbonyl (C=O) groups is 1. The Morgan fingerprint density at radius 1 is 1.08 bits per heavy atom. The first-order valence-electron chi connectivity index (χ1n) is 8.06. The average Bonchev–Trinajstić information content (AvgIpc) is 3.01. The van der Waals surface area contributed by atoms with E-state index >= 15 is 0 Å². The second-order valence-electron chi connectivity index (χ2n) is 5.87. The lowest BCUT2D eigenvalue weighted by atomic mass is 10.1. The molecule has 0 atom stereocenters. The van der Waals surface area contributed by atoms with Gasteiger partial charge in [-0.1, -0.05) is 35.9 Å². The molecule has 0 fully saturated rings. The first kappa shape index (κ1) is 17.1. The maximum absolute atomic E-state index is 12.1. The highest BCUT2D eigenvalue weighted by atomic mass is 32.1. The molecule has 3 aromatic rings. The number of rotatable bonds is 6. The number of nitrogens with one attached hydrogen (secondary N) is 2. The Morgan fingerprint density at radius 3 is 2.64 bits per heavy atom. The highest BCUT2D eigenvalue weighted by Gasteiger charge is 2.08. The van der Waals surface area contributed by atoms with E-state index in [9.17, 15) is 4.79 Å². The van der Waals surface area contributed by atoms with Crippen molar-refractivity contribution in [2.75, 3.05) is 5.32 Å². The fraction of sp³-hybridized carbons (Fsp3) is 0.211. The molecule has 25 heavy (non-hydrogen) atoms. The molecule has 2 N–H and O–H groups in total. The van der Waals surface area contributed by atoms with Gasteiger partial charge >= 0.3 is 0 Å². The lowest BCUT2D eigenvalue weighted by molar-refractivity contribution is -0.120. The summed E-state index contributed by atoms with van der Waals surface area (Å²) < 4.78 is 0. The van der Waals surface area contributed by atoms with Crippen LogP contribution in [-0.4, -0.2) is 15.9 Å². The first-order chi connectivity index (χ1) is 12.1. The standard InChI is InChI=1S/C19H20N4OS/c1-13-6-8-15(9-7-13)11-20-18(24)10-16-12-25-19(22-16)23-17-5-3-4-14(2)21-17/h3-9,12H,10-11H2,1-2H3,(H,20,24)(H,21,22,23). The van der Waals surface area contributed by atoms with Crippen molar-refractivity contribution >= 4 is 28.2 Å². The van der Waals surface area contributed by atoms with E-state index in [2.05, 4.69) is 20.6 Å². The normalized spacial score (nSPS) is 10.5. The Balaban J connectivity index is 1.52. The number of nitrogens with zero attached hydrogens (tertiary/aromatic N) is 2. The number of carbonyl (C=O) groups excluding carboxylic acids is 1. The molecule has 0 spiro atoms. The van der Waals surface area contributed by atoms with Crippen molar-refractivity contribution in [3.05, 3.63) is 70.4 Å². The number of amides is 1. The SMILES string of the molecule is Cc1ccc(CNC(=O)Cc2csc(Nc3cccc(C)n3)n2)cc1. The van der Waals surface area contributed by atoms with E-state index < -0.39 is 0 Å². The number of anilines is 2. The molecule has 0 radical (unpaired) electrons. The zero-order chi connectivity index (χ0) is 17.6. The molecule has 1 amide bonds. The van der Waals surface area contributed by atoms with Crippen molar-refractivity contribution in [2.24, 2.45) is 0 Å². The van der Waals surface area contributed by atoms with Gasteiger partial charge in [0.1, 0.15) is 5.82 Å². The molecule has 0 aliphatic rings. The van der Waals surface area contributed by atoms with Gasteiger partial charge in [-0.15, -0.1) is 11.3 Å².